The van der Waals surface area contributed by atoms with Crippen molar-refractivity contribution in [1.29, 1.82) is 0 Å². The zero-order chi connectivity index (χ0) is 21.5. The minimum absolute atomic E-state index is 0.00536. The number of imide groups is 2. The van der Waals surface area contributed by atoms with Gasteiger partial charge >= 0.3 is 6.03 Å². The van der Waals surface area contributed by atoms with Crippen LogP contribution >= 0.6 is 0 Å². The van der Waals surface area contributed by atoms with Crippen molar-refractivity contribution in [1.82, 2.24) is 20.2 Å². The highest BCUT2D eigenvalue weighted by Crippen LogP contribution is 2.30. The molecule has 0 aliphatic carbocycles. The molecule has 0 spiro atoms. The Bertz CT molecular complexity index is 1060. The van der Waals surface area contributed by atoms with E-state index in [4.69, 9.17) is 4.42 Å². The summed E-state index contributed by atoms with van der Waals surface area (Å²) in [6, 6.07) is 6.51. The summed E-state index contributed by atoms with van der Waals surface area (Å²) in [6.07, 6.45) is 5.64. The Morgan fingerprint density at radius 2 is 1.74 bits per heavy atom. The first-order valence-electron chi connectivity index (χ1n) is 10.4. The molecule has 160 valence electrons. The van der Waals surface area contributed by atoms with Crippen molar-refractivity contribution in [3.05, 3.63) is 59.0 Å². The van der Waals surface area contributed by atoms with Gasteiger partial charge in [-0.15, -0.1) is 0 Å². The lowest BCUT2D eigenvalue weighted by molar-refractivity contribution is -0.122. The van der Waals surface area contributed by atoms with Crippen LogP contribution < -0.4 is 5.32 Å². The molecule has 2 aromatic rings. The molecule has 5 amide bonds. The fraction of sp³-hybridized carbons (Fsp3) is 0.364. The highest BCUT2D eigenvalue weighted by atomic mass is 16.3. The van der Waals surface area contributed by atoms with Gasteiger partial charge in [0, 0.05) is 13.0 Å². The topological polar surface area (TPSA) is 103 Å². The average Bonchev–Trinajstić information content (AvgIpc) is 3.37. The molecule has 31 heavy (non-hydrogen) atoms. The molecular formula is C22H22N4O5. The maximum atomic E-state index is 12.9. The van der Waals surface area contributed by atoms with Gasteiger partial charge in [0.25, 0.3) is 11.8 Å². The van der Waals surface area contributed by atoms with E-state index < -0.39 is 23.8 Å². The SMILES string of the molecule is O=C1CCN(N2C(=O)c3ccc(CN4CCC(c5ccoc5)CC4)cc3C2=O)C(=O)N1. The normalized spacial score (nSPS) is 20.4. The van der Waals surface area contributed by atoms with Gasteiger partial charge in [-0.25, -0.2) is 9.80 Å². The van der Waals surface area contributed by atoms with Crippen LogP contribution in [0.5, 0.6) is 0 Å². The van der Waals surface area contributed by atoms with Gasteiger partial charge in [0.05, 0.1) is 30.2 Å². The summed E-state index contributed by atoms with van der Waals surface area (Å²) in [4.78, 5) is 51.5. The van der Waals surface area contributed by atoms with Crippen molar-refractivity contribution in [2.75, 3.05) is 19.6 Å². The third kappa shape index (κ3) is 3.50. The van der Waals surface area contributed by atoms with Crippen LogP contribution in [0.2, 0.25) is 0 Å². The molecule has 2 fully saturated rings. The molecule has 0 unspecified atom stereocenters. The number of rotatable bonds is 4. The first kappa shape index (κ1) is 19.5. The molecule has 1 aromatic carbocycles. The molecule has 1 N–H and O–H groups in total. The average molecular weight is 422 g/mol. The number of carbonyl (C=O) groups excluding carboxylic acids is 4. The molecule has 2 saturated heterocycles. The molecule has 1 aromatic heterocycles. The Morgan fingerprint density at radius 3 is 2.45 bits per heavy atom. The molecule has 3 aliphatic rings. The zero-order valence-corrected chi connectivity index (χ0v) is 16.9. The number of urea groups is 1. The summed E-state index contributed by atoms with van der Waals surface area (Å²) in [5.41, 5.74) is 2.75. The predicted molar refractivity (Wildman–Crippen MR) is 108 cm³/mol. The van der Waals surface area contributed by atoms with Crippen molar-refractivity contribution >= 4 is 23.8 Å². The number of piperidine rings is 1. The van der Waals surface area contributed by atoms with Gasteiger partial charge in [0.15, 0.2) is 0 Å². The Labute approximate surface area is 178 Å². The summed E-state index contributed by atoms with van der Waals surface area (Å²) in [5.74, 6) is -0.996. The Kier molecular flexibility index (Phi) is 4.82. The predicted octanol–water partition coefficient (Wildman–Crippen LogP) is 2.11. The maximum Gasteiger partial charge on any atom is 0.343 e. The zero-order valence-electron chi connectivity index (χ0n) is 16.9. The van der Waals surface area contributed by atoms with Crippen molar-refractivity contribution in [2.24, 2.45) is 0 Å². The fourth-order valence-corrected chi connectivity index (χ4v) is 4.53. The number of amides is 5. The van der Waals surface area contributed by atoms with E-state index in [1.165, 1.54) is 5.56 Å². The monoisotopic (exact) mass is 422 g/mol. The smallest absolute Gasteiger partial charge is 0.343 e. The van der Waals surface area contributed by atoms with Crippen LogP contribution in [0.1, 0.15) is 57.0 Å². The second-order valence-corrected chi connectivity index (χ2v) is 8.14. The van der Waals surface area contributed by atoms with Gasteiger partial charge in [0.2, 0.25) is 5.91 Å². The molecule has 0 radical (unpaired) electrons. The highest BCUT2D eigenvalue weighted by molar-refractivity contribution is 6.22. The molecule has 0 atom stereocenters. The number of hydrazine groups is 1. The summed E-state index contributed by atoms with van der Waals surface area (Å²) in [5, 5.41) is 3.99. The molecule has 4 heterocycles. The molecular weight excluding hydrogens is 400 g/mol. The minimum Gasteiger partial charge on any atom is -0.472 e. The van der Waals surface area contributed by atoms with Crippen molar-refractivity contribution < 1.29 is 23.6 Å². The Balaban J connectivity index is 1.27. The van der Waals surface area contributed by atoms with Crippen molar-refractivity contribution in [3.8, 4) is 0 Å². The van der Waals surface area contributed by atoms with Gasteiger partial charge in [-0.05, 0) is 61.2 Å². The van der Waals surface area contributed by atoms with E-state index in [0.29, 0.717) is 18.0 Å². The number of nitrogens with one attached hydrogen (secondary N) is 1. The van der Waals surface area contributed by atoms with Crippen molar-refractivity contribution in [2.45, 2.75) is 31.7 Å². The lowest BCUT2D eigenvalue weighted by atomic mass is 9.91. The third-order valence-electron chi connectivity index (χ3n) is 6.21. The van der Waals surface area contributed by atoms with Gasteiger partial charge in [-0.1, -0.05) is 6.07 Å². The third-order valence-corrected chi connectivity index (χ3v) is 6.21. The van der Waals surface area contributed by atoms with Crippen LogP contribution in [0.3, 0.4) is 0 Å². The number of fused-ring (bicyclic) bond motifs is 1. The Hall–Kier alpha value is -3.46. The fourth-order valence-electron chi connectivity index (χ4n) is 4.53. The lowest BCUT2D eigenvalue weighted by Crippen LogP contribution is -2.58. The van der Waals surface area contributed by atoms with Gasteiger partial charge in [-0.3, -0.25) is 24.6 Å². The first-order chi connectivity index (χ1) is 15.0. The summed E-state index contributed by atoms with van der Waals surface area (Å²) in [6.45, 7) is 2.56. The summed E-state index contributed by atoms with van der Waals surface area (Å²) in [7, 11) is 0. The quantitative estimate of drug-likeness (QED) is 0.757. The number of hydrogen-bond donors (Lipinski definition) is 1. The minimum atomic E-state index is -0.758. The number of hydrogen-bond acceptors (Lipinski definition) is 6. The van der Waals surface area contributed by atoms with E-state index in [0.717, 1.165) is 41.5 Å². The standard InChI is InChI=1S/C22H22N4O5/c27-19-5-9-25(22(30)23-19)26-20(28)17-2-1-14(11-18(17)21(26)29)12-24-7-3-15(4-8-24)16-6-10-31-13-16/h1-2,6,10-11,13,15H,3-5,7-9,12H2,(H,23,27,30). The van der Waals surface area contributed by atoms with Crippen LogP contribution in [0, 0.1) is 0 Å². The Morgan fingerprint density at radius 1 is 0.968 bits per heavy atom. The van der Waals surface area contributed by atoms with Crippen LogP contribution in [0.15, 0.2) is 41.2 Å². The summed E-state index contributed by atoms with van der Waals surface area (Å²) < 4.78 is 5.19. The second kappa shape index (κ2) is 7.66. The van der Waals surface area contributed by atoms with E-state index in [1.54, 1.807) is 18.4 Å². The van der Waals surface area contributed by atoms with Gasteiger partial charge < -0.3 is 4.42 Å². The molecule has 5 rings (SSSR count). The molecule has 0 bridgehead atoms. The van der Waals surface area contributed by atoms with Gasteiger partial charge in [0.1, 0.15) is 0 Å². The highest BCUT2D eigenvalue weighted by Gasteiger charge is 2.43. The first-order valence-corrected chi connectivity index (χ1v) is 10.4. The van der Waals surface area contributed by atoms with E-state index in [-0.39, 0.29) is 18.5 Å². The van der Waals surface area contributed by atoms with Crippen LogP contribution in [0.25, 0.3) is 0 Å². The number of nitrogens with zero attached hydrogens (tertiary/aromatic N) is 3. The van der Waals surface area contributed by atoms with Crippen LogP contribution in [0.4, 0.5) is 4.79 Å². The number of benzene rings is 1. The van der Waals surface area contributed by atoms with E-state index in [1.807, 2.05) is 18.4 Å². The summed E-state index contributed by atoms with van der Waals surface area (Å²) >= 11 is 0. The lowest BCUT2D eigenvalue weighted by Gasteiger charge is -2.32. The second-order valence-electron chi connectivity index (χ2n) is 8.14. The molecule has 9 heteroatoms. The van der Waals surface area contributed by atoms with Crippen LogP contribution in [-0.4, -0.2) is 58.3 Å². The largest absolute Gasteiger partial charge is 0.472 e. The molecule has 3 aliphatic heterocycles. The molecule has 0 saturated carbocycles. The van der Waals surface area contributed by atoms with E-state index >= 15 is 0 Å². The van der Waals surface area contributed by atoms with E-state index in [9.17, 15) is 19.2 Å². The van der Waals surface area contributed by atoms with Crippen molar-refractivity contribution in [3.63, 3.8) is 0 Å². The van der Waals surface area contributed by atoms with Crippen LogP contribution in [-0.2, 0) is 11.3 Å². The number of likely N-dealkylation sites (tertiary alicyclic amines) is 1. The van der Waals surface area contributed by atoms with E-state index in [2.05, 4.69) is 10.2 Å². The number of carbonyl (C=O) groups is 4. The molecule has 9 nitrogen and oxygen atoms in total. The number of furan rings is 1. The maximum absolute atomic E-state index is 12.9. The van der Waals surface area contributed by atoms with Gasteiger partial charge in [-0.2, -0.15) is 5.01 Å².